The number of rotatable bonds is 7. The molecule has 10 heteroatoms. The minimum atomic E-state index is -0.839. The molecule has 0 spiro atoms. The summed E-state index contributed by atoms with van der Waals surface area (Å²) >= 11 is 7.70. The summed E-state index contributed by atoms with van der Waals surface area (Å²) in [6.07, 6.45) is 0. The van der Waals surface area contributed by atoms with Crippen LogP contribution < -0.4 is 15.4 Å². The number of halogens is 2. The number of carbonyl (C=O) groups is 1. The van der Waals surface area contributed by atoms with E-state index in [2.05, 4.69) is 20.7 Å². The quantitative estimate of drug-likeness (QED) is 0.270. The second kappa shape index (κ2) is 10.7. The van der Waals surface area contributed by atoms with Gasteiger partial charge in [-0.25, -0.2) is 9.07 Å². The number of amides is 1. The van der Waals surface area contributed by atoms with Gasteiger partial charge in [0, 0.05) is 22.0 Å². The highest BCUT2D eigenvalue weighted by atomic mass is 35.5. The molecular formula is C27H23ClFN5O2S. The Kier molecular flexibility index (Phi) is 7.16. The van der Waals surface area contributed by atoms with Gasteiger partial charge < -0.3 is 15.4 Å². The van der Waals surface area contributed by atoms with E-state index in [1.54, 1.807) is 48.0 Å². The van der Waals surface area contributed by atoms with Crippen LogP contribution in [-0.4, -0.2) is 27.8 Å². The molecule has 188 valence electrons. The van der Waals surface area contributed by atoms with Crippen molar-refractivity contribution in [3.05, 3.63) is 106 Å². The van der Waals surface area contributed by atoms with Crippen LogP contribution in [0.3, 0.4) is 0 Å². The van der Waals surface area contributed by atoms with Crippen LogP contribution >= 0.6 is 23.4 Å². The van der Waals surface area contributed by atoms with Gasteiger partial charge in [-0.05, 0) is 36.8 Å². The van der Waals surface area contributed by atoms with Crippen molar-refractivity contribution < 1.29 is 13.9 Å². The Labute approximate surface area is 222 Å². The molecule has 4 aromatic rings. The van der Waals surface area contributed by atoms with E-state index in [0.29, 0.717) is 50.2 Å². The van der Waals surface area contributed by atoms with E-state index in [9.17, 15) is 4.79 Å². The summed E-state index contributed by atoms with van der Waals surface area (Å²) < 4.78 is 22.1. The SMILES string of the molecule is COc1ccccc1NC(=O)C1=C(C)Nc2nc(SCc3ccccc3Cl)nn2C1c1ccccc1F. The number of nitrogens with one attached hydrogen (secondary N) is 2. The van der Waals surface area contributed by atoms with Crippen molar-refractivity contribution in [3.63, 3.8) is 0 Å². The van der Waals surface area contributed by atoms with Crippen LogP contribution in [0.5, 0.6) is 5.75 Å². The van der Waals surface area contributed by atoms with Crippen molar-refractivity contribution >= 4 is 40.9 Å². The lowest BCUT2D eigenvalue weighted by atomic mass is 9.94. The zero-order chi connectivity index (χ0) is 25.9. The van der Waals surface area contributed by atoms with E-state index in [-0.39, 0.29) is 0 Å². The first-order chi connectivity index (χ1) is 18.0. The molecule has 1 aromatic heterocycles. The van der Waals surface area contributed by atoms with E-state index < -0.39 is 17.8 Å². The van der Waals surface area contributed by atoms with E-state index in [4.69, 9.17) is 16.3 Å². The molecule has 1 amide bonds. The van der Waals surface area contributed by atoms with Crippen LogP contribution in [0.15, 0.2) is 89.2 Å². The molecule has 0 saturated heterocycles. The maximum absolute atomic E-state index is 15.1. The minimum Gasteiger partial charge on any atom is -0.495 e. The van der Waals surface area contributed by atoms with Gasteiger partial charge in [0.1, 0.15) is 17.6 Å². The number of aromatic nitrogens is 3. The van der Waals surface area contributed by atoms with Crippen LogP contribution in [0.4, 0.5) is 16.0 Å². The third-order valence-corrected chi connectivity index (χ3v) is 7.20. The standard InChI is InChI=1S/C27H23ClFN5O2S/c1-16-23(25(35)31-21-13-7-8-14-22(21)36-2)24(18-10-4-6-12-20(18)29)34-26(30-16)32-27(33-34)37-15-17-9-3-5-11-19(17)28/h3-14,24H,15H2,1-2H3,(H,31,35)(H,30,32,33). The Balaban J connectivity index is 1.51. The molecular weight excluding hydrogens is 513 g/mol. The molecule has 0 fully saturated rings. The van der Waals surface area contributed by atoms with Crippen LogP contribution in [-0.2, 0) is 10.5 Å². The van der Waals surface area contributed by atoms with Crippen LogP contribution in [0, 0.1) is 5.82 Å². The number of para-hydroxylation sites is 2. The first kappa shape index (κ1) is 24.9. The summed E-state index contributed by atoms with van der Waals surface area (Å²) in [5, 5.41) is 11.9. The average molecular weight is 536 g/mol. The van der Waals surface area contributed by atoms with Crippen molar-refractivity contribution in [2.45, 2.75) is 23.9 Å². The lowest BCUT2D eigenvalue weighted by molar-refractivity contribution is -0.113. The number of anilines is 2. The number of hydrogen-bond donors (Lipinski definition) is 2. The molecule has 0 saturated carbocycles. The largest absolute Gasteiger partial charge is 0.495 e. The highest BCUT2D eigenvalue weighted by Gasteiger charge is 2.36. The maximum Gasteiger partial charge on any atom is 0.255 e. The summed E-state index contributed by atoms with van der Waals surface area (Å²) in [5.41, 5.74) is 2.62. The van der Waals surface area contributed by atoms with Crippen LogP contribution in [0.2, 0.25) is 5.02 Å². The maximum atomic E-state index is 15.1. The van der Waals surface area contributed by atoms with Gasteiger partial charge in [-0.3, -0.25) is 4.79 Å². The summed E-state index contributed by atoms with van der Waals surface area (Å²) in [5.74, 6) is 0.632. The summed E-state index contributed by atoms with van der Waals surface area (Å²) in [6, 6.07) is 20.2. The number of fused-ring (bicyclic) bond motifs is 1. The molecule has 2 heterocycles. The van der Waals surface area contributed by atoms with E-state index in [1.807, 2.05) is 30.3 Å². The molecule has 3 aromatic carbocycles. The van der Waals surface area contributed by atoms with E-state index in [1.165, 1.54) is 24.9 Å². The van der Waals surface area contributed by atoms with E-state index >= 15 is 4.39 Å². The molecule has 0 bridgehead atoms. The zero-order valence-corrected chi connectivity index (χ0v) is 21.6. The van der Waals surface area contributed by atoms with Gasteiger partial charge in [0.25, 0.3) is 5.91 Å². The van der Waals surface area contributed by atoms with Gasteiger partial charge in [0.2, 0.25) is 11.1 Å². The normalized spacial score (nSPS) is 14.6. The lowest BCUT2D eigenvalue weighted by Gasteiger charge is -2.29. The third kappa shape index (κ3) is 5.05. The molecule has 0 aliphatic carbocycles. The van der Waals surface area contributed by atoms with Crippen molar-refractivity contribution in [2.24, 2.45) is 0 Å². The summed E-state index contributed by atoms with van der Waals surface area (Å²) in [6.45, 7) is 1.76. The summed E-state index contributed by atoms with van der Waals surface area (Å²) in [7, 11) is 1.53. The van der Waals surface area contributed by atoms with Gasteiger partial charge in [-0.15, -0.1) is 5.10 Å². The fraction of sp³-hybridized carbons (Fsp3) is 0.148. The number of allylic oxidation sites excluding steroid dienone is 1. The Morgan fingerprint density at radius 1 is 1.14 bits per heavy atom. The fourth-order valence-electron chi connectivity index (χ4n) is 4.17. The number of hydrogen-bond acceptors (Lipinski definition) is 6. The third-order valence-electron chi connectivity index (χ3n) is 5.95. The van der Waals surface area contributed by atoms with Gasteiger partial charge >= 0.3 is 0 Å². The number of methoxy groups -OCH3 is 1. The Morgan fingerprint density at radius 3 is 2.65 bits per heavy atom. The Morgan fingerprint density at radius 2 is 1.86 bits per heavy atom. The fourth-order valence-corrected chi connectivity index (χ4v) is 5.28. The number of benzene rings is 3. The minimum absolute atomic E-state index is 0.308. The van der Waals surface area contributed by atoms with Gasteiger partial charge in [0.05, 0.1) is 18.4 Å². The Bertz CT molecular complexity index is 1510. The van der Waals surface area contributed by atoms with Crippen molar-refractivity contribution in [1.82, 2.24) is 14.8 Å². The molecule has 1 aliphatic heterocycles. The average Bonchev–Trinajstić information content (AvgIpc) is 3.30. The molecule has 5 rings (SSSR count). The molecule has 37 heavy (non-hydrogen) atoms. The first-order valence-corrected chi connectivity index (χ1v) is 12.8. The topological polar surface area (TPSA) is 81.1 Å². The van der Waals surface area contributed by atoms with Crippen LogP contribution in [0.25, 0.3) is 0 Å². The zero-order valence-electron chi connectivity index (χ0n) is 20.0. The number of nitrogens with zero attached hydrogens (tertiary/aromatic N) is 3. The second-order valence-corrected chi connectivity index (χ2v) is 9.63. The Hall–Kier alpha value is -3.82. The van der Waals surface area contributed by atoms with Gasteiger partial charge in [-0.2, -0.15) is 4.98 Å². The number of thioether (sulfide) groups is 1. The molecule has 1 atom stereocenters. The monoisotopic (exact) mass is 535 g/mol. The van der Waals surface area contributed by atoms with Gasteiger partial charge in [0.15, 0.2) is 0 Å². The highest BCUT2D eigenvalue weighted by Crippen LogP contribution is 2.38. The molecule has 1 aliphatic rings. The van der Waals surface area contributed by atoms with Crippen LogP contribution in [0.1, 0.15) is 24.1 Å². The molecule has 1 unspecified atom stereocenters. The lowest BCUT2D eigenvalue weighted by Crippen LogP contribution is -2.32. The molecule has 2 N–H and O–H groups in total. The van der Waals surface area contributed by atoms with E-state index in [0.717, 1.165) is 5.56 Å². The second-order valence-electron chi connectivity index (χ2n) is 8.28. The summed E-state index contributed by atoms with van der Waals surface area (Å²) in [4.78, 5) is 18.2. The van der Waals surface area contributed by atoms with Gasteiger partial charge in [-0.1, -0.05) is 71.9 Å². The van der Waals surface area contributed by atoms with Crippen molar-refractivity contribution in [3.8, 4) is 5.75 Å². The predicted molar refractivity (Wildman–Crippen MR) is 144 cm³/mol. The number of carbonyl (C=O) groups excluding carboxylic acids is 1. The first-order valence-electron chi connectivity index (χ1n) is 11.5. The molecule has 7 nitrogen and oxygen atoms in total. The van der Waals surface area contributed by atoms with Crippen molar-refractivity contribution in [1.29, 1.82) is 0 Å². The highest BCUT2D eigenvalue weighted by molar-refractivity contribution is 7.98. The smallest absolute Gasteiger partial charge is 0.255 e. The molecule has 0 radical (unpaired) electrons. The predicted octanol–water partition coefficient (Wildman–Crippen LogP) is 6.30. The number of ether oxygens (including phenoxy) is 1. The van der Waals surface area contributed by atoms with Crippen molar-refractivity contribution in [2.75, 3.05) is 17.7 Å².